The number of benzene rings is 1. The van der Waals surface area contributed by atoms with E-state index in [0.29, 0.717) is 16.6 Å². The van der Waals surface area contributed by atoms with Gasteiger partial charge in [0.15, 0.2) is 0 Å². The summed E-state index contributed by atoms with van der Waals surface area (Å²) in [5.41, 5.74) is 1.37. The molecule has 2 rings (SSSR count). The lowest BCUT2D eigenvalue weighted by molar-refractivity contribution is 0.0939. The number of aromatic nitrogens is 2. The maximum absolute atomic E-state index is 11.9. The van der Waals surface area contributed by atoms with Crippen molar-refractivity contribution in [3.05, 3.63) is 58.1 Å². The summed E-state index contributed by atoms with van der Waals surface area (Å²) in [7, 11) is 1.57. The van der Waals surface area contributed by atoms with Gasteiger partial charge in [-0.1, -0.05) is 12.1 Å². The van der Waals surface area contributed by atoms with E-state index < -0.39 is 0 Å². The third-order valence-corrected chi connectivity index (χ3v) is 3.10. The minimum Gasteiger partial charge on any atom is -0.355 e. The highest BCUT2D eigenvalue weighted by atomic mass is 79.9. The van der Waals surface area contributed by atoms with Crippen LogP contribution in [0.25, 0.3) is 0 Å². The molecule has 1 aromatic heterocycles. The van der Waals surface area contributed by atoms with Crippen LogP contribution in [0.3, 0.4) is 0 Å². The van der Waals surface area contributed by atoms with E-state index in [1.807, 2.05) is 6.07 Å². The molecule has 6 nitrogen and oxygen atoms in total. The van der Waals surface area contributed by atoms with Crippen LogP contribution in [-0.4, -0.2) is 28.8 Å². The van der Waals surface area contributed by atoms with Gasteiger partial charge in [0.25, 0.3) is 11.8 Å². The first kappa shape index (κ1) is 15.1. The number of nitrogens with zero attached hydrogens (tertiary/aromatic N) is 2. The molecule has 0 atom stereocenters. The van der Waals surface area contributed by atoms with Gasteiger partial charge < -0.3 is 10.6 Å². The highest BCUT2D eigenvalue weighted by molar-refractivity contribution is 9.10. The second-order valence-electron chi connectivity index (χ2n) is 4.19. The molecular weight excluding hydrogens is 336 g/mol. The number of amides is 2. The second kappa shape index (κ2) is 6.94. The number of hydrogen-bond acceptors (Lipinski definition) is 4. The van der Waals surface area contributed by atoms with E-state index in [2.05, 4.69) is 36.5 Å². The maximum Gasteiger partial charge on any atom is 0.289 e. The summed E-state index contributed by atoms with van der Waals surface area (Å²) in [6.07, 6.45) is 3.02. The van der Waals surface area contributed by atoms with Crippen LogP contribution >= 0.6 is 15.9 Å². The molecule has 21 heavy (non-hydrogen) atoms. The monoisotopic (exact) mass is 348 g/mol. The first-order valence-electron chi connectivity index (χ1n) is 6.17. The predicted octanol–water partition coefficient (Wildman–Crippen LogP) is 1.53. The lowest BCUT2D eigenvalue weighted by Gasteiger charge is -2.06. The van der Waals surface area contributed by atoms with Gasteiger partial charge in [-0.3, -0.25) is 9.59 Å². The number of carbonyl (C=O) groups is 2. The van der Waals surface area contributed by atoms with Gasteiger partial charge in [-0.05, 0) is 33.6 Å². The molecule has 0 aliphatic heterocycles. The summed E-state index contributed by atoms with van der Waals surface area (Å²) in [5.74, 6) is -0.437. The van der Waals surface area contributed by atoms with Crippen LogP contribution in [0.4, 0.5) is 0 Å². The molecule has 0 aliphatic carbocycles. The Labute approximate surface area is 130 Å². The Hall–Kier alpha value is -2.28. The van der Waals surface area contributed by atoms with Crippen molar-refractivity contribution in [1.29, 1.82) is 0 Å². The number of carbonyl (C=O) groups excluding carboxylic acids is 2. The van der Waals surface area contributed by atoms with E-state index in [1.54, 1.807) is 25.2 Å². The van der Waals surface area contributed by atoms with Crippen LogP contribution in [-0.2, 0) is 6.54 Å². The summed E-state index contributed by atoms with van der Waals surface area (Å²) in [5, 5.41) is 5.26. The van der Waals surface area contributed by atoms with Crippen LogP contribution in [0.1, 0.15) is 26.5 Å². The lowest BCUT2D eigenvalue weighted by Crippen LogP contribution is -2.25. The Morgan fingerprint density at radius 3 is 2.57 bits per heavy atom. The van der Waals surface area contributed by atoms with Crippen molar-refractivity contribution >= 4 is 27.7 Å². The Balaban J connectivity index is 2.01. The second-order valence-corrected chi connectivity index (χ2v) is 5.10. The third-order valence-electron chi connectivity index (χ3n) is 2.69. The van der Waals surface area contributed by atoms with E-state index in [-0.39, 0.29) is 17.6 Å². The van der Waals surface area contributed by atoms with Crippen molar-refractivity contribution in [3.63, 3.8) is 0 Å². The maximum atomic E-state index is 11.9. The molecule has 0 unspecified atom stereocenters. The van der Waals surface area contributed by atoms with Gasteiger partial charge in [0.05, 0.1) is 4.47 Å². The molecule has 2 N–H and O–H groups in total. The summed E-state index contributed by atoms with van der Waals surface area (Å²) in [4.78, 5) is 31.2. The molecule has 2 aromatic rings. The predicted molar refractivity (Wildman–Crippen MR) is 80.7 cm³/mol. The molecule has 0 bridgehead atoms. The van der Waals surface area contributed by atoms with Gasteiger partial charge in [-0.25, -0.2) is 9.97 Å². The molecule has 0 saturated carbocycles. The molecule has 0 radical (unpaired) electrons. The summed E-state index contributed by atoms with van der Waals surface area (Å²) < 4.78 is 0.706. The van der Waals surface area contributed by atoms with Gasteiger partial charge in [-0.2, -0.15) is 0 Å². The average Bonchev–Trinajstić information content (AvgIpc) is 2.52. The fraction of sp³-hybridized carbons (Fsp3) is 0.143. The Morgan fingerprint density at radius 1 is 1.19 bits per heavy atom. The molecule has 0 fully saturated rings. The van der Waals surface area contributed by atoms with Crippen molar-refractivity contribution in [2.75, 3.05) is 7.05 Å². The van der Waals surface area contributed by atoms with Crippen LogP contribution in [0.2, 0.25) is 0 Å². The summed E-state index contributed by atoms with van der Waals surface area (Å²) in [6.45, 7) is 0.295. The zero-order valence-electron chi connectivity index (χ0n) is 11.3. The number of halogens is 1. The van der Waals surface area contributed by atoms with Gasteiger partial charge in [0.2, 0.25) is 5.82 Å². The lowest BCUT2D eigenvalue weighted by atomic mass is 10.1. The first-order valence-corrected chi connectivity index (χ1v) is 6.96. The normalized spacial score (nSPS) is 10.0. The van der Waals surface area contributed by atoms with Crippen molar-refractivity contribution in [1.82, 2.24) is 20.6 Å². The quantitative estimate of drug-likeness (QED) is 0.877. The Kier molecular flexibility index (Phi) is 4.99. The molecule has 0 saturated heterocycles. The Morgan fingerprint density at radius 2 is 1.90 bits per heavy atom. The molecule has 108 valence electrons. The van der Waals surface area contributed by atoms with E-state index >= 15 is 0 Å². The third kappa shape index (κ3) is 4.09. The smallest absolute Gasteiger partial charge is 0.289 e. The van der Waals surface area contributed by atoms with E-state index in [4.69, 9.17) is 0 Å². The zero-order chi connectivity index (χ0) is 15.2. The van der Waals surface area contributed by atoms with Crippen molar-refractivity contribution in [2.45, 2.75) is 6.54 Å². The van der Waals surface area contributed by atoms with Gasteiger partial charge in [-0.15, -0.1) is 0 Å². The van der Waals surface area contributed by atoms with Gasteiger partial charge >= 0.3 is 0 Å². The average molecular weight is 349 g/mol. The molecule has 1 heterocycles. The van der Waals surface area contributed by atoms with Crippen molar-refractivity contribution < 1.29 is 9.59 Å². The molecule has 7 heteroatoms. The molecular formula is C14H13BrN4O2. The van der Waals surface area contributed by atoms with Crippen LogP contribution in [0.5, 0.6) is 0 Å². The van der Waals surface area contributed by atoms with Crippen LogP contribution < -0.4 is 10.6 Å². The van der Waals surface area contributed by atoms with E-state index in [0.717, 1.165) is 5.56 Å². The largest absolute Gasteiger partial charge is 0.355 e. The van der Waals surface area contributed by atoms with Gasteiger partial charge in [0.1, 0.15) is 0 Å². The van der Waals surface area contributed by atoms with E-state index in [9.17, 15) is 9.59 Å². The molecule has 1 aromatic carbocycles. The number of hydrogen-bond donors (Lipinski definition) is 2. The molecule has 0 spiro atoms. The van der Waals surface area contributed by atoms with Crippen molar-refractivity contribution in [3.8, 4) is 0 Å². The number of rotatable bonds is 4. The van der Waals surface area contributed by atoms with Gasteiger partial charge in [0, 0.05) is 31.5 Å². The zero-order valence-corrected chi connectivity index (χ0v) is 12.8. The van der Waals surface area contributed by atoms with Crippen LogP contribution in [0, 0.1) is 0 Å². The Bertz CT molecular complexity index is 658. The fourth-order valence-corrected chi connectivity index (χ4v) is 1.86. The molecule has 0 aliphatic rings. The standard InChI is InChI=1S/C14H13BrN4O2/c1-16-13(20)10-4-2-3-9(5-10)6-19-14(21)12-17-7-11(15)8-18-12/h2-5,7-8H,6H2,1H3,(H,16,20)(H,19,21). The first-order chi connectivity index (χ1) is 10.1. The SMILES string of the molecule is CNC(=O)c1cccc(CNC(=O)c2ncc(Br)cn2)c1. The highest BCUT2D eigenvalue weighted by Crippen LogP contribution is 2.06. The fourth-order valence-electron chi connectivity index (χ4n) is 1.66. The van der Waals surface area contributed by atoms with Crippen molar-refractivity contribution in [2.24, 2.45) is 0 Å². The minimum absolute atomic E-state index is 0.0978. The minimum atomic E-state index is -0.368. The highest BCUT2D eigenvalue weighted by Gasteiger charge is 2.09. The topological polar surface area (TPSA) is 84.0 Å². The summed E-state index contributed by atoms with van der Waals surface area (Å²) >= 11 is 3.20. The number of nitrogens with one attached hydrogen (secondary N) is 2. The van der Waals surface area contributed by atoms with Crippen LogP contribution in [0.15, 0.2) is 41.1 Å². The van der Waals surface area contributed by atoms with E-state index in [1.165, 1.54) is 12.4 Å². The molecule has 2 amide bonds. The summed E-state index contributed by atoms with van der Waals surface area (Å²) in [6, 6.07) is 7.03.